The standard InChI is InChI=1S/C16H28N2O/c1-13(2)18(10-4-12-19)11-9-16(17)15-7-5-14(3)6-8-15/h5-8,13,16,19H,4,9-12,17H2,1-3H3. The van der Waals surface area contributed by atoms with Crippen molar-refractivity contribution in [2.45, 2.75) is 45.7 Å². The number of aliphatic hydroxyl groups excluding tert-OH is 1. The second-order valence-electron chi connectivity index (χ2n) is 5.51. The van der Waals surface area contributed by atoms with Gasteiger partial charge in [0, 0.05) is 31.8 Å². The molecule has 1 atom stereocenters. The Bertz CT molecular complexity index is 348. The van der Waals surface area contributed by atoms with Crippen molar-refractivity contribution < 1.29 is 5.11 Å². The van der Waals surface area contributed by atoms with Crippen molar-refractivity contribution in [3.05, 3.63) is 35.4 Å². The first-order valence-corrected chi connectivity index (χ1v) is 7.21. The van der Waals surface area contributed by atoms with Gasteiger partial charge in [0.1, 0.15) is 0 Å². The van der Waals surface area contributed by atoms with Crippen LogP contribution in [-0.4, -0.2) is 35.7 Å². The summed E-state index contributed by atoms with van der Waals surface area (Å²) in [6.07, 6.45) is 1.78. The minimum atomic E-state index is 0.0935. The summed E-state index contributed by atoms with van der Waals surface area (Å²) in [5, 5.41) is 8.93. The number of nitrogens with zero attached hydrogens (tertiary/aromatic N) is 1. The molecule has 0 aliphatic heterocycles. The number of aliphatic hydroxyl groups is 1. The Hall–Kier alpha value is -0.900. The molecule has 0 saturated carbocycles. The highest BCUT2D eigenvalue weighted by Gasteiger charge is 2.12. The van der Waals surface area contributed by atoms with Gasteiger partial charge in [-0.15, -0.1) is 0 Å². The van der Waals surface area contributed by atoms with Gasteiger partial charge in [-0.05, 0) is 39.2 Å². The molecule has 1 unspecified atom stereocenters. The minimum absolute atomic E-state index is 0.0935. The Balaban J connectivity index is 2.46. The van der Waals surface area contributed by atoms with E-state index in [0.717, 1.165) is 25.9 Å². The van der Waals surface area contributed by atoms with Gasteiger partial charge in [0.2, 0.25) is 0 Å². The normalized spacial score (nSPS) is 13.2. The van der Waals surface area contributed by atoms with Crippen LogP contribution >= 0.6 is 0 Å². The van der Waals surface area contributed by atoms with Crippen LogP contribution in [0.3, 0.4) is 0 Å². The maximum atomic E-state index is 8.93. The molecule has 0 aliphatic carbocycles. The lowest BCUT2D eigenvalue weighted by atomic mass is 10.0. The van der Waals surface area contributed by atoms with E-state index in [2.05, 4.69) is 49.9 Å². The second-order valence-corrected chi connectivity index (χ2v) is 5.51. The van der Waals surface area contributed by atoms with E-state index >= 15 is 0 Å². The third kappa shape index (κ3) is 5.72. The molecule has 3 N–H and O–H groups in total. The molecule has 1 aromatic carbocycles. The van der Waals surface area contributed by atoms with Gasteiger partial charge in [-0.3, -0.25) is 0 Å². The van der Waals surface area contributed by atoms with E-state index in [1.807, 2.05) is 0 Å². The summed E-state index contributed by atoms with van der Waals surface area (Å²) in [7, 11) is 0. The highest BCUT2D eigenvalue weighted by molar-refractivity contribution is 5.23. The third-order valence-electron chi connectivity index (χ3n) is 3.57. The predicted molar refractivity (Wildman–Crippen MR) is 81.1 cm³/mol. The van der Waals surface area contributed by atoms with E-state index in [1.54, 1.807) is 0 Å². The topological polar surface area (TPSA) is 49.5 Å². The van der Waals surface area contributed by atoms with Gasteiger partial charge < -0.3 is 15.7 Å². The number of hydrogen-bond donors (Lipinski definition) is 2. The maximum Gasteiger partial charge on any atom is 0.0443 e. The Morgan fingerprint density at radius 2 is 1.79 bits per heavy atom. The number of nitrogens with two attached hydrogens (primary N) is 1. The molecule has 0 radical (unpaired) electrons. The lowest BCUT2D eigenvalue weighted by molar-refractivity contribution is 0.186. The van der Waals surface area contributed by atoms with Crippen molar-refractivity contribution in [3.63, 3.8) is 0 Å². The van der Waals surface area contributed by atoms with Crippen molar-refractivity contribution in [1.82, 2.24) is 4.90 Å². The first kappa shape index (κ1) is 16.2. The first-order chi connectivity index (χ1) is 9.04. The molecule has 3 nitrogen and oxygen atoms in total. The molecule has 1 aromatic rings. The van der Waals surface area contributed by atoms with Crippen molar-refractivity contribution >= 4 is 0 Å². The van der Waals surface area contributed by atoms with Crippen LogP contribution in [-0.2, 0) is 0 Å². The molecule has 0 saturated heterocycles. The fraction of sp³-hybridized carbons (Fsp3) is 0.625. The zero-order valence-electron chi connectivity index (χ0n) is 12.5. The Morgan fingerprint density at radius 3 is 2.32 bits per heavy atom. The van der Waals surface area contributed by atoms with Crippen LogP contribution in [0, 0.1) is 6.92 Å². The minimum Gasteiger partial charge on any atom is -0.396 e. The van der Waals surface area contributed by atoms with E-state index in [9.17, 15) is 0 Å². The molecule has 108 valence electrons. The van der Waals surface area contributed by atoms with Gasteiger partial charge in [-0.2, -0.15) is 0 Å². The van der Waals surface area contributed by atoms with Crippen molar-refractivity contribution in [3.8, 4) is 0 Å². The smallest absolute Gasteiger partial charge is 0.0443 e. The second kappa shape index (κ2) is 8.31. The summed E-state index contributed by atoms with van der Waals surface area (Å²) in [5.74, 6) is 0. The molecule has 0 amide bonds. The monoisotopic (exact) mass is 264 g/mol. The molecular weight excluding hydrogens is 236 g/mol. The zero-order valence-corrected chi connectivity index (χ0v) is 12.5. The Kier molecular flexibility index (Phi) is 7.06. The van der Waals surface area contributed by atoms with Crippen LogP contribution in [0.5, 0.6) is 0 Å². The molecule has 0 spiro atoms. The highest BCUT2D eigenvalue weighted by atomic mass is 16.3. The molecule has 19 heavy (non-hydrogen) atoms. The molecule has 0 fully saturated rings. The van der Waals surface area contributed by atoms with Gasteiger partial charge in [-0.1, -0.05) is 29.8 Å². The summed E-state index contributed by atoms with van der Waals surface area (Å²) in [6, 6.07) is 9.05. The Labute approximate surface area is 117 Å². The number of hydrogen-bond acceptors (Lipinski definition) is 3. The summed E-state index contributed by atoms with van der Waals surface area (Å²) >= 11 is 0. The van der Waals surface area contributed by atoms with Crippen LogP contribution < -0.4 is 5.73 Å². The van der Waals surface area contributed by atoms with E-state index in [4.69, 9.17) is 10.8 Å². The van der Waals surface area contributed by atoms with Crippen LogP contribution in [0.25, 0.3) is 0 Å². The quantitative estimate of drug-likeness (QED) is 0.758. The average Bonchev–Trinajstić information content (AvgIpc) is 2.39. The fourth-order valence-corrected chi connectivity index (χ4v) is 2.19. The molecule has 0 aromatic heterocycles. The molecular formula is C16H28N2O. The SMILES string of the molecule is Cc1ccc(C(N)CCN(CCCO)C(C)C)cc1. The van der Waals surface area contributed by atoms with Crippen LogP contribution in [0.4, 0.5) is 0 Å². The van der Waals surface area contributed by atoms with Gasteiger partial charge in [0.25, 0.3) is 0 Å². The van der Waals surface area contributed by atoms with Crippen LogP contribution in [0.15, 0.2) is 24.3 Å². The van der Waals surface area contributed by atoms with Gasteiger partial charge in [0.15, 0.2) is 0 Å². The van der Waals surface area contributed by atoms with E-state index < -0.39 is 0 Å². The lowest BCUT2D eigenvalue weighted by Crippen LogP contribution is -2.34. The van der Waals surface area contributed by atoms with Gasteiger partial charge in [-0.25, -0.2) is 0 Å². The average molecular weight is 264 g/mol. The first-order valence-electron chi connectivity index (χ1n) is 7.21. The molecule has 3 heteroatoms. The molecule has 0 aliphatic rings. The molecule has 0 bridgehead atoms. The van der Waals surface area contributed by atoms with E-state index in [-0.39, 0.29) is 12.6 Å². The largest absolute Gasteiger partial charge is 0.396 e. The van der Waals surface area contributed by atoms with Crippen molar-refractivity contribution in [2.24, 2.45) is 5.73 Å². The van der Waals surface area contributed by atoms with Crippen LogP contribution in [0.1, 0.15) is 43.9 Å². The number of benzene rings is 1. The zero-order chi connectivity index (χ0) is 14.3. The highest BCUT2D eigenvalue weighted by Crippen LogP contribution is 2.16. The van der Waals surface area contributed by atoms with Crippen molar-refractivity contribution in [2.75, 3.05) is 19.7 Å². The predicted octanol–water partition coefficient (Wildman–Crippen LogP) is 2.48. The van der Waals surface area contributed by atoms with Gasteiger partial charge >= 0.3 is 0 Å². The van der Waals surface area contributed by atoms with E-state index in [0.29, 0.717) is 6.04 Å². The van der Waals surface area contributed by atoms with Crippen molar-refractivity contribution in [1.29, 1.82) is 0 Å². The summed E-state index contributed by atoms with van der Waals surface area (Å²) in [5.41, 5.74) is 8.72. The Morgan fingerprint density at radius 1 is 1.16 bits per heavy atom. The molecule has 1 rings (SSSR count). The number of aryl methyl sites for hydroxylation is 1. The fourth-order valence-electron chi connectivity index (χ4n) is 2.19. The van der Waals surface area contributed by atoms with Gasteiger partial charge in [0.05, 0.1) is 0 Å². The molecule has 0 heterocycles. The van der Waals surface area contributed by atoms with E-state index in [1.165, 1.54) is 11.1 Å². The maximum absolute atomic E-state index is 8.93. The van der Waals surface area contributed by atoms with Crippen LogP contribution in [0.2, 0.25) is 0 Å². The summed E-state index contributed by atoms with van der Waals surface area (Å²) < 4.78 is 0. The lowest BCUT2D eigenvalue weighted by Gasteiger charge is -2.27. The third-order valence-corrected chi connectivity index (χ3v) is 3.57. The summed E-state index contributed by atoms with van der Waals surface area (Å²) in [4.78, 5) is 2.38. The summed E-state index contributed by atoms with van der Waals surface area (Å²) in [6.45, 7) is 8.64. The number of rotatable bonds is 8.